The van der Waals surface area contributed by atoms with Crippen LogP contribution in [0, 0.1) is 5.92 Å². The molecule has 0 aliphatic carbocycles. The van der Waals surface area contributed by atoms with Gasteiger partial charge in [-0.25, -0.2) is 8.42 Å². The summed E-state index contributed by atoms with van der Waals surface area (Å²) < 4.78 is 36.0. The predicted octanol–water partition coefficient (Wildman–Crippen LogP) is 1.41. The Kier molecular flexibility index (Phi) is 5.42. The van der Waals surface area contributed by atoms with Gasteiger partial charge in [-0.15, -0.1) is 0 Å². The predicted molar refractivity (Wildman–Crippen MR) is 111 cm³/mol. The first-order valence-electron chi connectivity index (χ1n) is 10.0. The maximum atomic E-state index is 13.6. The van der Waals surface area contributed by atoms with E-state index >= 15 is 0 Å². The van der Waals surface area contributed by atoms with Crippen LogP contribution >= 0.6 is 0 Å². The molecule has 1 aromatic heterocycles. The lowest BCUT2D eigenvalue weighted by Crippen LogP contribution is -2.49. The number of aromatic nitrogens is 1. The molecule has 160 valence electrons. The number of sulfonamides is 1. The van der Waals surface area contributed by atoms with Crippen molar-refractivity contribution in [2.24, 2.45) is 5.92 Å². The molecule has 2 aliphatic heterocycles. The Hall–Kier alpha value is -2.65. The summed E-state index contributed by atoms with van der Waals surface area (Å²) in [5.74, 6) is -0.113. The van der Waals surface area contributed by atoms with Crippen molar-refractivity contribution in [3.63, 3.8) is 0 Å². The molecule has 2 atom stereocenters. The van der Waals surface area contributed by atoms with E-state index < -0.39 is 10.0 Å². The second-order valence-electron chi connectivity index (χ2n) is 7.69. The van der Waals surface area contributed by atoms with Gasteiger partial charge in [-0.05, 0) is 43.5 Å². The Bertz CT molecular complexity index is 1140. The molecule has 9 heteroatoms. The maximum Gasteiger partial charge on any atom is 0.251 e. The number of hydrogen-bond acceptors (Lipinski definition) is 5. The zero-order valence-corrected chi connectivity index (χ0v) is 17.8. The molecule has 30 heavy (non-hydrogen) atoms. The Morgan fingerprint density at radius 3 is 2.73 bits per heavy atom. The summed E-state index contributed by atoms with van der Waals surface area (Å²) in [6.07, 6.45) is 0.853. The molecule has 2 aliphatic rings. The van der Waals surface area contributed by atoms with Crippen molar-refractivity contribution < 1.29 is 17.9 Å². The fourth-order valence-corrected chi connectivity index (χ4v) is 6.18. The van der Waals surface area contributed by atoms with E-state index in [0.717, 1.165) is 12.1 Å². The average Bonchev–Trinajstić information content (AvgIpc) is 2.74. The van der Waals surface area contributed by atoms with Crippen LogP contribution in [-0.2, 0) is 16.6 Å². The largest absolute Gasteiger partial charge is 0.492 e. The van der Waals surface area contributed by atoms with Crippen molar-refractivity contribution in [1.82, 2.24) is 14.2 Å². The lowest BCUT2D eigenvalue weighted by molar-refractivity contribution is 0.0963. The fraction of sp³-hybridized carbons (Fsp3) is 0.429. The van der Waals surface area contributed by atoms with Crippen molar-refractivity contribution in [3.8, 4) is 5.75 Å². The van der Waals surface area contributed by atoms with Crippen molar-refractivity contribution in [2.75, 3.05) is 26.7 Å². The van der Waals surface area contributed by atoms with Gasteiger partial charge in [0.1, 0.15) is 10.6 Å². The van der Waals surface area contributed by atoms with Crippen molar-refractivity contribution in [1.29, 1.82) is 0 Å². The molecule has 2 aromatic rings. The van der Waals surface area contributed by atoms with Crippen LogP contribution < -0.4 is 15.6 Å². The molecular weight excluding hydrogens is 406 g/mol. The molecule has 1 saturated heterocycles. The van der Waals surface area contributed by atoms with Crippen LogP contribution in [-0.4, -0.2) is 49.9 Å². The van der Waals surface area contributed by atoms with Gasteiger partial charge in [0.25, 0.3) is 11.5 Å². The molecule has 8 nitrogen and oxygen atoms in total. The highest BCUT2D eigenvalue weighted by Gasteiger charge is 2.40. The molecule has 0 saturated carbocycles. The average molecular weight is 432 g/mol. The third-order valence-corrected chi connectivity index (χ3v) is 7.65. The van der Waals surface area contributed by atoms with Gasteiger partial charge in [-0.3, -0.25) is 9.59 Å². The summed E-state index contributed by atoms with van der Waals surface area (Å²) in [6, 6.07) is 9.62. The van der Waals surface area contributed by atoms with E-state index in [9.17, 15) is 18.0 Å². The number of pyridine rings is 1. The van der Waals surface area contributed by atoms with Gasteiger partial charge in [0.2, 0.25) is 10.0 Å². The Morgan fingerprint density at radius 2 is 2.00 bits per heavy atom. The molecule has 4 rings (SSSR count). The molecule has 0 spiro atoms. The third-order valence-electron chi connectivity index (χ3n) is 5.80. The summed E-state index contributed by atoms with van der Waals surface area (Å²) in [5, 5.41) is 2.52. The summed E-state index contributed by atoms with van der Waals surface area (Å²) in [6.45, 7) is 3.22. The molecule has 1 N–H and O–H groups in total. The molecule has 3 heterocycles. The normalized spacial score (nSPS) is 21.0. The van der Waals surface area contributed by atoms with E-state index in [1.807, 2.05) is 6.07 Å². The van der Waals surface area contributed by atoms with Gasteiger partial charge in [-0.2, -0.15) is 4.31 Å². The number of rotatable bonds is 5. The number of ether oxygens (including phenoxy) is 1. The van der Waals surface area contributed by atoms with Gasteiger partial charge in [-0.1, -0.05) is 6.07 Å². The first-order chi connectivity index (χ1) is 14.3. The fourth-order valence-electron chi connectivity index (χ4n) is 4.46. The van der Waals surface area contributed by atoms with Crippen LogP contribution in [0.15, 0.2) is 46.1 Å². The van der Waals surface area contributed by atoms with E-state index in [0.29, 0.717) is 19.7 Å². The van der Waals surface area contributed by atoms with Crippen molar-refractivity contribution in [2.45, 2.75) is 30.7 Å². The highest BCUT2D eigenvalue weighted by Crippen LogP contribution is 2.38. The number of hydrogen-bond donors (Lipinski definition) is 1. The minimum absolute atomic E-state index is 0.00382. The number of benzene rings is 1. The molecule has 1 aromatic carbocycles. The summed E-state index contributed by atoms with van der Waals surface area (Å²) in [5.41, 5.74) is 1.09. The van der Waals surface area contributed by atoms with Crippen molar-refractivity contribution >= 4 is 15.9 Å². The number of piperidine rings is 1. The number of carbonyl (C=O) groups is 1. The smallest absolute Gasteiger partial charge is 0.251 e. The molecule has 1 fully saturated rings. The van der Waals surface area contributed by atoms with E-state index in [1.54, 1.807) is 23.6 Å². The number of amides is 1. The van der Waals surface area contributed by atoms with E-state index in [2.05, 4.69) is 5.32 Å². The lowest BCUT2D eigenvalue weighted by atomic mass is 9.84. The second kappa shape index (κ2) is 7.88. The third kappa shape index (κ3) is 3.52. The highest BCUT2D eigenvalue weighted by atomic mass is 32.2. The highest BCUT2D eigenvalue weighted by molar-refractivity contribution is 7.89. The molecule has 0 radical (unpaired) electrons. The van der Waals surface area contributed by atoms with Crippen LogP contribution in [0.3, 0.4) is 0 Å². The Morgan fingerprint density at radius 1 is 1.20 bits per heavy atom. The van der Waals surface area contributed by atoms with Gasteiger partial charge in [0, 0.05) is 49.9 Å². The van der Waals surface area contributed by atoms with Crippen LogP contribution in [0.4, 0.5) is 0 Å². The number of fused-ring (bicyclic) bond motifs is 4. The molecule has 0 unspecified atom stereocenters. The van der Waals surface area contributed by atoms with E-state index in [-0.39, 0.29) is 46.1 Å². The molecule has 1 amide bonds. The zero-order valence-electron chi connectivity index (χ0n) is 17.0. The summed E-state index contributed by atoms with van der Waals surface area (Å²) >= 11 is 0. The van der Waals surface area contributed by atoms with Gasteiger partial charge >= 0.3 is 0 Å². The minimum Gasteiger partial charge on any atom is -0.492 e. The lowest BCUT2D eigenvalue weighted by Gasteiger charge is -2.42. The van der Waals surface area contributed by atoms with Crippen molar-refractivity contribution in [3.05, 3.63) is 58.0 Å². The quantitative estimate of drug-likeness (QED) is 0.772. The van der Waals surface area contributed by atoms with E-state index in [1.165, 1.54) is 29.6 Å². The SMILES string of the molecule is CCOc1ccc(C(=O)NC)cc1S(=O)(=O)N1C[C@H]2C[C@@H](C1)c1cccc(=O)n1C2. The Balaban J connectivity index is 1.73. The molecule has 2 bridgehead atoms. The van der Waals surface area contributed by atoms with E-state index in [4.69, 9.17) is 4.74 Å². The standard InChI is InChI=1S/C21H25N3O5S/c1-3-29-18-8-7-15(21(26)22-2)10-19(18)30(27,28)23-11-14-9-16(13-23)17-5-4-6-20(25)24(17)12-14/h4-8,10,14,16H,3,9,11-13H2,1-2H3,(H,22,26)/t14-,16+/m1/s1. The zero-order chi connectivity index (χ0) is 21.5. The van der Waals surface area contributed by atoms with Gasteiger partial charge in [0.15, 0.2) is 0 Å². The number of nitrogens with zero attached hydrogens (tertiary/aromatic N) is 2. The van der Waals surface area contributed by atoms with Gasteiger partial charge < -0.3 is 14.6 Å². The Labute approximate surface area is 175 Å². The first kappa shape index (κ1) is 20.6. The first-order valence-corrected chi connectivity index (χ1v) is 11.5. The minimum atomic E-state index is -3.89. The van der Waals surface area contributed by atoms with Crippen LogP contribution in [0.2, 0.25) is 0 Å². The van der Waals surface area contributed by atoms with Crippen LogP contribution in [0.25, 0.3) is 0 Å². The maximum absolute atomic E-state index is 13.6. The monoisotopic (exact) mass is 431 g/mol. The van der Waals surface area contributed by atoms with Gasteiger partial charge in [0.05, 0.1) is 6.61 Å². The molecular formula is C21H25N3O5S. The van der Waals surface area contributed by atoms with Crippen LogP contribution in [0.5, 0.6) is 5.75 Å². The van der Waals surface area contributed by atoms with Crippen LogP contribution in [0.1, 0.15) is 35.3 Å². The summed E-state index contributed by atoms with van der Waals surface area (Å²) in [7, 11) is -2.39. The number of nitrogens with one attached hydrogen (secondary N) is 1. The second-order valence-corrected chi connectivity index (χ2v) is 9.60. The number of carbonyl (C=O) groups excluding carboxylic acids is 1. The topological polar surface area (TPSA) is 97.7 Å². The summed E-state index contributed by atoms with van der Waals surface area (Å²) in [4.78, 5) is 24.3.